The highest BCUT2D eigenvalue weighted by atomic mass is 35.5. The third-order valence-corrected chi connectivity index (χ3v) is 4.37. The summed E-state index contributed by atoms with van der Waals surface area (Å²) in [4.78, 5) is 18.1. The number of fused-ring (bicyclic) bond motifs is 1. The van der Waals surface area contributed by atoms with E-state index in [1.54, 1.807) is 24.3 Å². The summed E-state index contributed by atoms with van der Waals surface area (Å²) in [6.45, 7) is -0.0325. The van der Waals surface area contributed by atoms with Gasteiger partial charge < -0.3 is 4.98 Å². The lowest BCUT2D eigenvalue weighted by Crippen LogP contribution is -2.16. The molecule has 0 bridgehead atoms. The van der Waals surface area contributed by atoms with Crippen molar-refractivity contribution in [3.8, 4) is 11.1 Å². The van der Waals surface area contributed by atoms with E-state index in [0.717, 1.165) is 9.87 Å². The number of halogens is 2. The lowest BCUT2D eigenvalue weighted by atomic mass is 10.0. The average molecular weight is 384 g/mol. The van der Waals surface area contributed by atoms with Crippen LogP contribution in [0.25, 0.3) is 22.2 Å². The molecule has 0 aliphatic heterocycles. The molecule has 6 nitrogen and oxygen atoms in total. The van der Waals surface area contributed by atoms with Gasteiger partial charge in [0.2, 0.25) is 16.4 Å². The van der Waals surface area contributed by atoms with Crippen LogP contribution >= 0.6 is 12.4 Å². The van der Waals surface area contributed by atoms with Gasteiger partial charge in [0.15, 0.2) is 0 Å². The van der Waals surface area contributed by atoms with E-state index in [2.05, 4.69) is 9.97 Å². The van der Waals surface area contributed by atoms with Gasteiger partial charge in [-0.25, -0.2) is 22.1 Å². The quantitative estimate of drug-likeness (QED) is 0.676. The van der Waals surface area contributed by atoms with Crippen molar-refractivity contribution in [2.75, 3.05) is 7.05 Å². The molecule has 2 aromatic heterocycles. The molecule has 0 spiro atoms. The molecule has 0 atom stereocenters. The molecular formula is C16H15ClFN3O3S. The predicted octanol–water partition coefficient (Wildman–Crippen LogP) is 2.11. The molecule has 9 heteroatoms. The Labute approximate surface area is 150 Å². The van der Waals surface area contributed by atoms with E-state index in [0.29, 0.717) is 16.6 Å². The van der Waals surface area contributed by atoms with Crippen LogP contribution in [0.2, 0.25) is 0 Å². The Morgan fingerprint density at radius 3 is 2.64 bits per heavy atom. The number of benzene rings is 1. The molecule has 0 amide bonds. The molecule has 1 N–H and O–H groups in total. The zero-order chi connectivity index (χ0) is 17.3. The summed E-state index contributed by atoms with van der Waals surface area (Å²) in [5, 5.41) is 0.698. The average Bonchev–Trinajstić information content (AvgIpc) is 2.55. The molecule has 0 fully saturated rings. The second-order valence-corrected chi connectivity index (χ2v) is 6.46. The van der Waals surface area contributed by atoms with Gasteiger partial charge in [-0.1, -0.05) is 12.1 Å². The van der Waals surface area contributed by atoms with E-state index in [1.807, 2.05) is 0 Å². The third-order valence-electron chi connectivity index (χ3n) is 3.68. The van der Waals surface area contributed by atoms with Crippen LogP contribution < -0.4 is 5.56 Å². The van der Waals surface area contributed by atoms with E-state index in [1.165, 1.54) is 25.4 Å². The Morgan fingerprint density at radius 1 is 1.20 bits per heavy atom. The molecular weight excluding hydrogens is 369 g/mol. The first-order chi connectivity index (χ1) is 11.5. The first-order valence-corrected chi connectivity index (χ1v) is 8.21. The second-order valence-electron chi connectivity index (χ2n) is 5.30. The summed E-state index contributed by atoms with van der Waals surface area (Å²) in [5.41, 5.74) is 1.79. The van der Waals surface area contributed by atoms with Crippen LogP contribution in [0.5, 0.6) is 0 Å². The van der Waals surface area contributed by atoms with Crippen molar-refractivity contribution in [2.24, 2.45) is 0 Å². The molecule has 0 aliphatic rings. The Balaban J connectivity index is 0.00000225. The standard InChI is InChI=1S/C16H14FN3O3S.ClH/c1-20(24(22)23)9-11-3-2-10(8-14(11)17)12-6-7-18-16-13(12)4-5-15(21)19-16;/h2-8,24H,9H2,1H3,(H,18,19,21);1H. The lowest BCUT2D eigenvalue weighted by molar-refractivity contribution is 0.473. The number of pyridine rings is 2. The molecule has 25 heavy (non-hydrogen) atoms. The summed E-state index contributed by atoms with van der Waals surface area (Å²) < 4.78 is 37.1. The summed E-state index contributed by atoms with van der Waals surface area (Å²) in [6.07, 6.45) is 1.54. The van der Waals surface area contributed by atoms with Crippen LogP contribution in [0.4, 0.5) is 4.39 Å². The summed E-state index contributed by atoms with van der Waals surface area (Å²) in [7, 11) is -1.37. The smallest absolute Gasteiger partial charge is 0.249 e. The molecule has 2 heterocycles. The first-order valence-electron chi connectivity index (χ1n) is 7.08. The van der Waals surface area contributed by atoms with E-state index in [4.69, 9.17) is 0 Å². The van der Waals surface area contributed by atoms with Crippen molar-refractivity contribution in [2.45, 2.75) is 6.54 Å². The predicted molar refractivity (Wildman–Crippen MR) is 96.8 cm³/mol. The highest BCUT2D eigenvalue weighted by Crippen LogP contribution is 2.27. The molecule has 0 aliphatic carbocycles. The fourth-order valence-electron chi connectivity index (χ4n) is 2.46. The van der Waals surface area contributed by atoms with Crippen LogP contribution in [0, 0.1) is 5.82 Å². The van der Waals surface area contributed by atoms with E-state index < -0.39 is 16.7 Å². The van der Waals surface area contributed by atoms with Gasteiger partial charge >= 0.3 is 0 Å². The molecule has 1 aromatic carbocycles. The summed E-state index contributed by atoms with van der Waals surface area (Å²) >= 11 is 0. The molecule has 3 rings (SSSR count). The fourth-order valence-corrected chi connectivity index (χ4v) is 2.73. The molecule has 0 saturated heterocycles. The zero-order valence-electron chi connectivity index (χ0n) is 13.1. The highest BCUT2D eigenvalue weighted by Gasteiger charge is 2.11. The number of rotatable bonds is 4. The third kappa shape index (κ3) is 4.04. The summed E-state index contributed by atoms with van der Waals surface area (Å²) in [5.74, 6) is -0.495. The minimum absolute atomic E-state index is 0. The van der Waals surface area contributed by atoms with Gasteiger partial charge in [0.05, 0.1) is 0 Å². The van der Waals surface area contributed by atoms with Crippen LogP contribution in [0.15, 0.2) is 47.4 Å². The first kappa shape index (κ1) is 19.0. The van der Waals surface area contributed by atoms with E-state index >= 15 is 0 Å². The highest BCUT2D eigenvalue weighted by molar-refractivity contribution is 7.69. The maximum Gasteiger partial charge on any atom is 0.249 e. The topological polar surface area (TPSA) is 83.1 Å². The van der Waals surface area contributed by atoms with Gasteiger partial charge in [0.25, 0.3) is 0 Å². The SMILES string of the molecule is CN(Cc1ccc(-c2ccnc3[nH]c(=O)ccc23)cc1F)[SH](=O)=O.Cl. The second kappa shape index (κ2) is 7.73. The fraction of sp³-hybridized carbons (Fsp3) is 0.125. The Kier molecular flexibility index (Phi) is 5.89. The normalized spacial score (nSPS) is 11.0. The van der Waals surface area contributed by atoms with Gasteiger partial charge in [0.1, 0.15) is 11.5 Å². The maximum absolute atomic E-state index is 14.3. The Morgan fingerprint density at radius 2 is 1.96 bits per heavy atom. The largest absolute Gasteiger partial charge is 0.307 e. The maximum atomic E-state index is 14.3. The Hall–Kier alpha value is -2.29. The van der Waals surface area contributed by atoms with Crippen molar-refractivity contribution in [3.05, 3.63) is 64.3 Å². The molecule has 0 saturated carbocycles. The van der Waals surface area contributed by atoms with Crippen LogP contribution in [0.1, 0.15) is 5.56 Å². The van der Waals surface area contributed by atoms with Gasteiger partial charge in [-0.3, -0.25) is 4.79 Å². The minimum Gasteiger partial charge on any atom is -0.307 e. The van der Waals surface area contributed by atoms with Gasteiger partial charge in [0, 0.05) is 36.8 Å². The Bertz CT molecular complexity index is 1040. The molecule has 0 unspecified atom stereocenters. The number of hydrogen-bond acceptors (Lipinski definition) is 4. The molecule has 3 aromatic rings. The number of nitrogens with zero attached hydrogens (tertiary/aromatic N) is 2. The van der Waals surface area contributed by atoms with Gasteiger partial charge in [-0.15, -0.1) is 12.4 Å². The number of H-pyrrole nitrogens is 1. The monoisotopic (exact) mass is 383 g/mol. The number of nitrogens with one attached hydrogen (secondary N) is 1. The molecule has 132 valence electrons. The van der Waals surface area contributed by atoms with Crippen LogP contribution in [0.3, 0.4) is 0 Å². The lowest BCUT2D eigenvalue weighted by Gasteiger charge is -2.11. The van der Waals surface area contributed by atoms with Crippen molar-refractivity contribution in [1.29, 1.82) is 0 Å². The number of hydrogen-bond donors (Lipinski definition) is 2. The van der Waals surface area contributed by atoms with Crippen molar-refractivity contribution in [1.82, 2.24) is 14.3 Å². The minimum atomic E-state index is -2.75. The van der Waals surface area contributed by atoms with E-state index in [9.17, 15) is 17.6 Å². The summed E-state index contributed by atoms with van der Waals surface area (Å²) in [6, 6.07) is 9.37. The van der Waals surface area contributed by atoms with Crippen molar-refractivity contribution in [3.63, 3.8) is 0 Å². The van der Waals surface area contributed by atoms with Crippen molar-refractivity contribution >= 4 is 34.3 Å². The van der Waals surface area contributed by atoms with Crippen LogP contribution in [-0.2, 0) is 17.4 Å². The zero-order valence-corrected chi connectivity index (χ0v) is 14.8. The van der Waals surface area contributed by atoms with Crippen LogP contribution in [-0.4, -0.2) is 29.7 Å². The van der Waals surface area contributed by atoms with Crippen molar-refractivity contribution < 1.29 is 12.8 Å². The van der Waals surface area contributed by atoms with Gasteiger partial charge in [-0.05, 0) is 29.3 Å². The number of thiol groups is 1. The van der Waals surface area contributed by atoms with E-state index in [-0.39, 0.29) is 30.1 Å². The molecule has 0 radical (unpaired) electrons. The van der Waals surface area contributed by atoms with Gasteiger partial charge in [-0.2, -0.15) is 0 Å². The number of aromatic amines is 1. The number of aromatic nitrogens is 2.